The lowest BCUT2D eigenvalue weighted by atomic mass is 9.94. The number of carbonyl (C=O) groups excluding carboxylic acids is 2. The summed E-state index contributed by atoms with van der Waals surface area (Å²) in [5, 5.41) is 11.2. The van der Waals surface area contributed by atoms with Crippen molar-refractivity contribution in [1.82, 2.24) is 4.90 Å². The van der Waals surface area contributed by atoms with Gasteiger partial charge in [-0.05, 0) is 29.8 Å². The predicted octanol–water partition coefficient (Wildman–Crippen LogP) is 4.22. The summed E-state index contributed by atoms with van der Waals surface area (Å²) in [5.41, 5.74) is 1.02. The third kappa shape index (κ3) is 3.71. The van der Waals surface area contributed by atoms with E-state index >= 15 is 0 Å². The quantitative estimate of drug-likeness (QED) is 0.370. The molecule has 2 aliphatic heterocycles. The van der Waals surface area contributed by atoms with Gasteiger partial charge in [0.05, 0.1) is 11.6 Å². The fraction of sp³-hybridized carbons (Fsp3) is 0.154. The molecule has 0 saturated carbocycles. The molecule has 1 fully saturated rings. The lowest BCUT2D eigenvalue weighted by Gasteiger charge is -2.26. The van der Waals surface area contributed by atoms with Gasteiger partial charge in [-0.1, -0.05) is 48.5 Å². The van der Waals surface area contributed by atoms with Crippen LogP contribution in [0.15, 0.2) is 78.4 Å². The van der Waals surface area contributed by atoms with Gasteiger partial charge in [-0.25, -0.2) is 4.39 Å². The molecule has 1 saturated heterocycles. The number of hydrogen-bond acceptors (Lipinski definition) is 5. The van der Waals surface area contributed by atoms with E-state index in [1.54, 1.807) is 24.3 Å². The first kappa shape index (κ1) is 20.8. The van der Waals surface area contributed by atoms with E-state index in [9.17, 15) is 19.1 Å². The molecule has 3 aromatic rings. The van der Waals surface area contributed by atoms with Gasteiger partial charge in [0.15, 0.2) is 11.5 Å². The summed E-state index contributed by atoms with van der Waals surface area (Å²) in [6.07, 6.45) is 0. The highest BCUT2D eigenvalue weighted by atomic mass is 19.1. The number of nitrogens with zero attached hydrogens (tertiary/aromatic N) is 1. The van der Waals surface area contributed by atoms with Crippen LogP contribution in [-0.4, -0.2) is 34.9 Å². The van der Waals surface area contributed by atoms with Crippen molar-refractivity contribution in [2.24, 2.45) is 0 Å². The molecule has 166 valence electrons. The normalized spacial score (nSPS) is 19.1. The highest BCUT2D eigenvalue weighted by Crippen LogP contribution is 2.42. The minimum atomic E-state index is -1.08. The van der Waals surface area contributed by atoms with E-state index in [1.807, 2.05) is 30.3 Å². The molecular weight excluding hydrogens is 425 g/mol. The molecular formula is C26H20FNO5. The third-order valence-corrected chi connectivity index (χ3v) is 5.75. The Bertz CT molecular complexity index is 1270. The van der Waals surface area contributed by atoms with E-state index in [0.29, 0.717) is 24.7 Å². The van der Waals surface area contributed by atoms with E-state index in [0.717, 1.165) is 5.56 Å². The maximum Gasteiger partial charge on any atom is 0.295 e. The van der Waals surface area contributed by atoms with Gasteiger partial charge in [-0.2, -0.15) is 0 Å². The predicted molar refractivity (Wildman–Crippen MR) is 118 cm³/mol. The van der Waals surface area contributed by atoms with Crippen LogP contribution in [0, 0.1) is 5.82 Å². The number of likely N-dealkylation sites (tertiary alicyclic amines) is 1. The average Bonchev–Trinajstić information content (AvgIpc) is 3.09. The van der Waals surface area contributed by atoms with Gasteiger partial charge in [0.1, 0.15) is 24.8 Å². The Morgan fingerprint density at radius 3 is 2.39 bits per heavy atom. The molecule has 33 heavy (non-hydrogen) atoms. The van der Waals surface area contributed by atoms with Gasteiger partial charge in [0, 0.05) is 17.7 Å². The van der Waals surface area contributed by atoms with Gasteiger partial charge >= 0.3 is 0 Å². The molecule has 0 radical (unpaired) electrons. The van der Waals surface area contributed by atoms with Gasteiger partial charge in [0.2, 0.25) is 0 Å². The molecule has 0 aromatic heterocycles. The Balaban J connectivity index is 1.65. The monoisotopic (exact) mass is 445 g/mol. The maximum absolute atomic E-state index is 14.9. The van der Waals surface area contributed by atoms with Crippen LogP contribution in [-0.2, 0) is 16.1 Å². The molecule has 1 amide bonds. The zero-order valence-corrected chi connectivity index (χ0v) is 17.5. The Hall–Kier alpha value is -4.13. The van der Waals surface area contributed by atoms with E-state index in [4.69, 9.17) is 9.47 Å². The van der Waals surface area contributed by atoms with Crippen molar-refractivity contribution in [2.45, 2.75) is 12.6 Å². The van der Waals surface area contributed by atoms with Crippen LogP contribution in [0.1, 0.15) is 22.7 Å². The van der Waals surface area contributed by atoms with Crippen molar-refractivity contribution >= 4 is 17.4 Å². The van der Waals surface area contributed by atoms with E-state index in [2.05, 4.69) is 0 Å². The second kappa shape index (κ2) is 8.43. The molecule has 2 aliphatic rings. The summed E-state index contributed by atoms with van der Waals surface area (Å²) in [6.45, 7) is 0.854. The number of amides is 1. The summed E-state index contributed by atoms with van der Waals surface area (Å²) in [7, 11) is 0. The van der Waals surface area contributed by atoms with Crippen LogP contribution in [0.25, 0.3) is 5.76 Å². The number of halogens is 1. The molecule has 1 atom stereocenters. The molecule has 1 N–H and O–H groups in total. The van der Waals surface area contributed by atoms with E-state index < -0.39 is 29.3 Å². The van der Waals surface area contributed by atoms with Crippen molar-refractivity contribution in [3.05, 3.63) is 101 Å². The highest BCUT2D eigenvalue weighted by molar-refractivity contribution is 6.46. The minimum absolute atomic E-state index is 0.0856. The van der Waals surface area contributed by atoms with E-state index in [-0.39, 0.29) is 23.2 Å². The van der Waals surface area contributed by atoms with Gasteiger partial charge in [-0.15, -0.1) is 0 Å². The van der Waals surface area contributed by atoms with Crippen molar-refractivity contribution in [2.75, 3.05) is 13.2 Å². The first-order chi connectivity index (χ1) is 16.0. The smallest absolute Gasteiger partial charge is 0.295 e. The SMILES string of the molecule is O=C1C(=O)N(Cc2ccccc2)[C@H](c2ccccc2F)C1=C(O)c1ccc2c(c1)OCCO2. The Labute approximate surface area is 189 Å². The van der Waals surface area contributed by atoms with Gasteiger partial charge in [0.25, 0.3) is 11.7 Å². The van der Waals surface area contributed by atoms with Crippen molar-refractivity contribution in [3.8, 4) is 11.5 Å². The zero-order chi connectivity index (χ0) is 22.9. The molecule has 0 unspecified atom stereocenters. The lowest BCUT2D eigenvalue weighted by Crippen LogP contribution is -2.29. The number of ether oxygens (including phenoxy) is 2. The van der Waals surface area contributed by atoms with Gasteiger partial charge in [-0.3, -0.25) is 9.59 Å². The molecule has 6 nitrogen and oxygen atoms in total. The number of aliphatic hydroxyl groups excluding tert-OH is 1. The summed E-state index contributed by atoms with van der Waals surface area (Å²) in [5.74, 6) is -1.69. The number of benzene rings is 3. The Kier molecular flexibility index (Phi) is 5.30. The van der Waals surface area contributed by atoms with Crippen LogP contribution >= 0.6 is 0 Å². The summed E-state index contributed by atoms with van der Waals surface area (Å²) in [6, 6.07) is 18.7. The van der Waals surface area contributed by atoms with Crippen molar-refractivity contribution in [3.63, 3.8) is 0 Å². The lowest BCUT2D eigenvalue weighted by molar-refractivity contribution is -0.140. The molecule has 5 rings (SSSR count). The number of aliphatic hydroxyl groups is 1. The molecule has 7 heteroatoms. The van der Waals surface area contributed by atoms with Crippen molar-refractivity contribution in [1.29, 1.82) is 0 Å². The molecule has 0 aliphatic carbocycles. The number of hydrogen-bond donors (Lipinski definition) is 1. The fourth-order valence-corrected chi connectivity index (χ4v) is 4.19. The van der Waals surface area contributed by atoms with Crippen LogP contribution in [0.4, 0.5) is 4.39 Å². The first-order valence-electron chi connectivity index (χ1n) is 10.5. The largest absolute Gasteiger partial charge is 0.507 e. The van der Waals surface area contributed by atoms with Crippen LogP contribution in [0.3, 0.4) is 0 Å². The highest BCUT2D eigenvalue weighted by Gasteiger charge is 2.47. The number of ketones is 1. The van der Waals surface area contributed by atoms with Gasteiger partial charge < -0.3 is 19.5 Å². The summed E-state index contributed by atoms with van der Waals surface area (Å²) in [4.78, 5) is 27.5. The summed E-state index contributed by atoms with van der Waals surface area (Å²) >= 11 is 0. The standard InChI is InChI=1S/C26H20FNO5/c27-19-9-5-4-8-18(19)23-22(24(29)17-10-11-20-21(14-17)33-13-12-32-20)25(30)26(31)28(23)15-16-6-2-1-3-7-16/h1-11,14,23,29H,12-13,15H2/t23-/m1/s1. The van der Waals surface area contributed by atoms with Crippen LogP contribution < -0.4 is 9.47 Å². The molecule has 0 bridgehead atoms. The second-order valence-electron chi connectivity index (χ2n) is 7.79. The van der Waals surface area contributed by atoms with Crippen LogP contribution in [0.2, 0.25) is 0 Å². The number of rotatable bonds is 4. The second-order valence-corrected chi connectivity index (χ2v) is 7.79. The first-order valence-corrected chi connectivity index (χ1v) is 10.5. The topological polar surface area (TPSA) is 76.1 Å². The minimum Gasteiger partial charge on any atom is -0.507 e. The Morgan fingerprint density at radius 2 is 1.64 bits per heavy atom. The Morgan fingerprint density at radius 1 is 0.939 bits per heavy atom. The third-order valence-electron chi connectivity index (χ3n) is 5.75. The zero-order valence-electron chi connectivity index (χ0n) is 17.5. The molecule has 0 spiro atoms. The maximum atomic E-state index is 14.9. The fourth-order valence-electron chi connectivity index (χ4n) is 4.19. The van der Waals surface area contributed by atoms with Crippen LogP contribution in [0.5, 0.6) is 11.5 Å². The van der Waals surface area contributed by atoms with Crippen molar-refractivity contribution < 1.29 is 28.6 Å². The summed E-state index contributed by atoms with van der Waals surface area (Å²) < 4.78 is 26.0. The molecule has 2 heterocycles. The van der Waals surface area contributed by atoms with E-state index in [1.165, 1.54) is 23.1 Å². The average molecular weight is 445 g/mol. The number of fused-ring (bicyclic) bond motifs is 1. The number of carbonyl (C=O) groups is 2. The number of Topliss-reactive ketones (excluding diaryl/α,β-unsaturated/α-hetero) is 1. The molecule has 3 aromatic carbocycles.